The van der Waals surface area contributed by atoms with E-state index in [-0.39, 0.29) is 21.6 Å². The molecule has 0 rings (SSSR count). The molecule has 7 nitrogen and oxygen atoms in total. The van der Waals surface area contributed by atoms with E-state index in [2.05, 4.69) is 75.8 Å². The first-order valence-corrected chi connectivity index (χ1v) is 18.4. The van der Waals surface area contributed by atoms with Gasteiger partial charge < -0.3 is 19.6 Å². The Morgan fingerprint density at radius 3 is 1.55 bits per heavy atom. The van der Waals surface area contributed by atoms with Crippen molar-refractivity contribution in [2.24, 2.45) is 10.2 Å². The van der Waals surface area contributed by atoms with E-state index in [9.17, 15) is 9.79 Å². The third kappa shape index (κ3) is 11.5. The number of hydrogen-bond donors (Lipinski definition) is 4. The molecule has 0 aliphatic carbocycles. The fraction of sp³-hybridized carbons (Fsp3) is 1.00. The molecule has 0 heterocycles. The smallest absolute Gasteiger partial charge is 0.328 e. The van der Waals surface area contributed by atoms with Crippen molar-refractivity contribution < 1.29 is 23.9 Å². The molecule has 0 saturated heterocycles. The van der Waals surface area contributed by atoms with E-state index in [0.717, 1.165) is 24.9 Å². The lowest BCUT2D eigenvalue weighted by Gasteiger charge is -2.45. The Labute approximate surface area is 209 Å². The van der Waals surface area contributed by atoms with Gasteiger partial charge in [-0.3, -0.25) is 4.44 Å². The Hall–Kier alpha value is 1.28. The Bertz CT molecular complexity index is 547. The summed E-state index contributed by atoms with van der Waals surface area (Å²) >= 11 is 0. The summed E-state index contributed by atoms with van der Waals surface area (Å²) in [4.78, 5) is 37.1. The van der Waals surface area contributed by atoms with Crippen LogP contribution in [0.3, 0.4) is 0 Å². The van der Waals surface area contributed by atoms with E-state index in [1.54, 1.807) is 0 Å². The van der Waals surface area contributed by atoms with Gasteiger partial charge in [0.25, 0.3) is 0 Å². The van der Waals surface area contributed by atoms with Crippen molar-refractivity contribution in [2.75, 3.05) is 25.0 Å². The van der Waals surface area contributed by atoms with E-state index < -0.39 is 21.9 Å². The van der Waals surface area contributed by atoms with E-state index in [0.29, 0.717) is 6.42 Å². The largest absolute Gasteiger partial charge is 0.357 e. The summed E-state index contributed by atoms with van der Waals surface area (Å²) in [6.07, 6.45) is 7.25. The predicted molar refractivity (Wildman–Crippen MR) is 151 cm³/mol. The maximum Gasteiger partial charge on any atom is 0.357 e. The first-order valence-electron chi connectivity index (χ1n) is 12.5. The molecule has 2 unspecified atom stereocenters. The van der Waals surface area contributed by atoms with Crippen molar-refractivity contribution in [1.29, 1.82) is 0 Å². The minimum atomic E-state index is -4.12. The molecule has 0 aromatic heterocycles. The van der Waals surface area contributed by atoms with Gasteiger partial charge in [0.2, 0.25) is 0 Å². The highest BCUT2D eigenvalue weighted by molar-refractivity contribution is 7.70. The van der Waals surface area contributed by atoms with Crippen LogP contribution in [-0.2, 0) is 4.31 Å². The van der Waals surface area contributed by atoms with Gasteiger partial charge in [-0.1, -0.05) is 69.2 Å². The highest BCUT2D eigenvalue weighted by Crippen LogP contribution is 2.59. The van der Waals surface area contributed by atoms with Gasteiger partial charge >= 0.3 is 16.3 Å². The fourth-order valence-corrected chi connectivity index (χ4v) is 13.1. The molecule has 0 spiro atoms. The summed E-state index contributed by atoms with van der Waals surface area (Å²) < 4.78 is 11.3. The van der Waals surface area contributed by atoms with E-state index >= 15 is 0 Å². The van der Waals surface area contributed by atoms with E-state index in [1.165, 1.54) is 25.0 Å². The molecule has 0 radical (unpaired) electrons. The summed E-state index contributed by atoms with van der Waals surface area (Å²) in [5.74, 6) is 0. The van der Waals surface area contributed by atoms with E-state index in [4.69, 9.17) is 9.79 Å². The average Bonchev–Trinajstić information content (AvgIpc) is 2.74. The third-order valence-corrected chi connectivity index (χ3v) is 15.7. The van der Waals surface area contributed by atoms with Crippen LogP contribution in [0, 0.1) is 5.41 Å². The molecule has 0 aliphatic rings. The van der Waals surface area contributed by atoms with Crippen molar-refractivity contribution >= 4 is 32.5 Å². The molecule has 33 heavy (non-hydrogen) atoms. The maximum absolute atomic E-state index is 9.78. The topological polar surface area (TPSA) is 106 Å². The monoisotopic (exact) mass is 550 g/mol. The molecular formula is C22H54N2O5P4. The molecule has 202 valence electrons. The van der Waals surface area contributed by atoms with Crippen LogP contribution >= 0.6 is 32.5 Å². The first-order chi connectivity index (χ1) is 15.2. The first kappa shape index (κ1) is 36.4. The zero-order valence-electron chi connectivity index (χ0n) is 23.1. The van der Waals surface area contributed by atoms with Gasteiger partial charge in [0.05, 0.1) is 5.54 Å². The van der Waals surface area contributed by atoms with Gasteiger partial charge in [0.15, 0.2) is 0 Å². The lowest BCUT2D eigenvalue weighted by atomic mass is 9.64. The molecule has 0 fully saturated rings. The molecule has 4 N–H and O–H groups in total. The summed E-state index contributed by atoms with van der Waals surface area (Å²) in [5.41, 5.74) is 0.00153. The highest BCUT2D eigenvalue weighted by atomic mass is 31.3. The van der Waals surface area contributed by atoms with Gasteiger partial charge in [0, 0.05) is 6.54 Å². The minimum absolute atomic E-state index is 0.130. The molecule has 0 aliphatic heterocycles. The molecule has 0 aromatic rings. The third-order valence-electron chi connectivity index (χ3n) is 6.95. The molecule has 0 amide bonds. The predicted octanol–water partition coefficient (Wildman–Crippen LogP) is 8.10. The van der Waals surface area contributed by atoms with Gasteiger partial charge in [0.1, 0.15) is 0 Å². The quantitative estimate of drug-likeness (QED) is 0.154. The molecule has 11 heteroatoms. The second-order valence-corrected chi connectivity index (χ2v) is 17.1. The van der Waals surface area contributed by atoms with Crippen LogP contribution in [0.25, 0.3) is 0 Å². The van der Waals surface area contributed by atoms with Crippen LogP contribution in [0.4, 0.5) is 0 Å². The highest BCUT2D eigenvalue weighted by Gasteiger charge is 2.45. The lowest BCUT2D eigenvalue weighted by molar-refractivity contribution is 0.108. The van der Waals surface area contributed by atoms with Crippen LogP contribution in [-0.4, -0.2) is 60.2 Å². The summed E-state index contributed by atoms with van der Waals surface area (Å²) in [6.45, 7) is 25.4. The van der Waals surface area contributed by atoms with Gasteiger partial charge in [-0.05, 0) is 78.3 Å². The van der Waals surface area contributed by atoms with Gasteiger partial charge in [-0.15, -0.1) is 0 Å². The molecule has 0 bridgehead atoms. The van der Waals surface area contributed by atoms with E-state index in [1.807, 2.05) is 13.8 Å². The Morgan fingerprint density at radius 1 is 0.848 bits per heavy atom. The molecular weight excluding hydrogens is 496 g/mol. The number of rotatable bonds is 15. The van der Waals surface area contributed by atoms with Crippen LogP contribution in [0.2, 0.25) is 0 Å². The molecule has 2 atom stereocenters. The Morgan fingerprint density at radius 2 is 1.30 bits per heavy atom. The SMILES string of the molecule is CCC(CC)(CC)C(C)(CC)N=P(O)(O)OP(O)O.CCN(P(CC)CC)P(CC)C(C)C. The average molecular weight is 551 g/mol. The normalized spacial score (nSPS) is 15.6. The second kappa shape index (κ2) is 17.7. The summed E-state index contributed by atoms with van der Waals surface area (Å²) in [5, 5.41) is 0. The maximum atomic E-state index is 9.78. The minimum Gasteiger partial charge on any atom is -0.328 e. The zero-order valence-corrected chi connectivity index (χ0v) is 26.7. The molecule has 0 saturated carbocycles. The van der Waals surface area contributed by atoms with Crippen molar-refractivity contribution in [1.82, 2.24) is 4.44 Å². The Balaban J connectivity index is 0. The fourth-order valence-electron chi connectivity index (χ4n) is 4.74. The summed E-state index contributed by atoms with van der Waals surface area (Å²) in [6, 6.07) is 0. The van der Waals surface area contributed by atoms with Crippen LogP contribution in [0.1, 0.15) is 102 Å². The van der Waals surface area contributed by atoms with Crippen molar-refractivity contribution in [3.8, 4) is 0 Å². The standard InChI is InChI=1S/C11H27NO5P2.C11H27NP2/c1-6-10(5,11(7-2,8-3)9-4)12-19(15,16)17-18(13)14;1-7-12(13(8-2)9-3)14(10-4)11(5)6/h13-16H,6-9H2,1-5H3;11H,7-10H2,1-6H3. The number of nitrogens with zero attached hydrogens (tertiary/aromatic N) is 2. The number of hydrogen-bond acceptors (Lipinski definition) is 5. The Kier molecular flexibility index (Phi) is 19.5. The van der Waals surface area contributed by atoms with Crippen LogP contribution < -0.4 is 0 Å². The van der Waals surface area contributed by atoms with Gasteiger partial charge in [-0.25, -0.2) is 9.06 Å². The van der Waals surface area contributed by atoms with Crippen molar-refractivity contribution in [3.63, 3.8) is 0 Å². The zero-order chi connectivity index (χ0) is 26.5. The van der Waals surface area contributed by atoms with Crippen molar-refractivity contribution in [3.05, 3.63) is 0 Å². The lowest BCUT2D eigenvalue weighted by Crippen LogP contribution is -2.43. The van der Waals surface area contributed by atoms with Crippen LogP contribution in [0.5, 0.6) is 0 Å². The van der Waals surface area contributed by atoms with Crippen molar-refractivity contribution in [2.45, 2.75) is 113 Å². The second-order valence-electron chi connectivity index (χ2n) is 8.59. The summed E-state index contributed by atoms with van der Waals surface area (Å²) in [7, 11) is -6.66. The molecule has 0 aromatic carbocycles. The van der Waals surface area contributed by atoms with Gasteiger partial charge in [-0.2, -0.15) is 0 Å². The van der Waals surface area contributed by atoms with Crippen LogP contribution in [0.15, 0.2) is 4.74 Å².